The molecule has 1 aromatic heterocycles. The van der Waals surface area contributed by atoms with Crippen molar-refractivity contribution in [2.45, 2.75) is 127 Å². The number of amides is 11. The molecule has 28 heteroatoms. The molecule has 0 bridgehead atoms. The van der Waals surface area contributed by atoms with Crippen molar-refractivity contribution in [3.63, 3.8) is 0 Å². The zero-order valence-electron chi connectivity index (χ0n) is 53.4. The quantitative estimate of drug-likeness (QED) is 0.0251. The van der Waals surface area contributed by atoms with E-state index in [1.165, 1.54) is 62.6 Å². The minimum atomic E-state index is -1.57. The van der Waals surface area contributed by atoms with E-state index >= 15 is 4.79 Å². The number of likely N-dealkylation sites (N-methyl/N-ethyl adjacent to an activating group) is 2. The lowest BCUT2D eigenvalue weighted by molar-refractivity contribution is -0.145. The van der Waals surface area contributed by atoms with Gasteiger partial charge in [-0.05, 0) is 90.2 Å². The van der Waals surface area contributed by atoms with Crippen molar-refractivity contribution < 1.29 is 72.9 Å². The van der Waals surface area contributed by atoms with Crippen LogP contribution in [-0.4, -0.2) is 190 Å². The third-order valence-corrected chi connectivity index (χ3v) is 15.7. The summed E-state index contributed by atoms with van der Waals surface area (Å²) in [7, 11) is 2.63. The maximum atomic E-state index is 15.0. The van der Waals surface area contributed by atoms with Crippen molar-refractivity contribution in [1.82, 2.24) is 62.6 Å². The van der Waals surface area contributed by atoms with Crippen LogP contribution in [0.15, 0.2) is 109 Å². The van der Waals surface area contributed by atoms with Gasteiger partial charge in [-0.25, -0.2) is 0 Å². The Morgan fingerprint density at radius 1 is 0.574 bits per heavy atom. The van der Waals surface area contributed by atoms with E-state index < -0.39 is 151 Å². The SMILES string of the molecule is CC(C)C[C@H](NC(=O)[C@H](Cc1ccc(O)cc1)NC(=O)[C@H](Cc1c[nH]c2ccccc12)NC(=O)CN(C)C(=O)[C@H](Cc1ccc(O)cc1)NC(=O)[C@H](Cc1ccccc1)N(C)C(=O)[C@@H](NC(=O)C(CC(=O)O)NC(=O)[C@@H]1CCCN1)C(C)C)C(=O)NCC(=O)NCC(N)=O. The van der Waals surface area contributed by atoms with Gasteiger partial charge in [-0.15, -0.1) is 0 Å². The molecule has 6 rings (SSSR count). The summed E-state index contributed by atoms with van der Waals surface area (Å²) in [6, 6.07) is 16.8. The summed E-state index contributed by atoms with van der Waals surface area (Å²) in [4.78, 5) is 170. The van der Waals surface area contributed by atoms with Gasteiger partial charge < -0.3 is 83.7 Å². The van der Waals surface area contributed by atoms with Crippen LogP contribution in [0.25, 0.3) is 10.9 Å². The van der Waals surface area contributed by atoms with Crippen LogP contribution in [0.4, 0.5) is 0 Å². The van der Waals surface area contributed by atoms with Crippen molar-refractivity contribution >= 4 is 81.9 Å². The zero-order valence-corrected chi connectivity index (χ0v) is 53.4. The highest BCUT2D eigenvalue weighted by molar-refractivity contribution is 5.99. The van der Waals surface area contributed by atoms with Gasteiger partial charge in [0.1, 0.15) is 53.8 Å². The predicted molar refractivity (Wildman–Crippen MR) is 344 cm³/mol. The van der Waals surface area contributed by atoms with Crippen LogP contribution < -0.4 is 53.6 Å². The maximum Gasteiger partial charge on any atom is 0.305 e. The number of hydrogen-bond acceptors (Lipinski definition) is 15. The molecule has 0 aliphatic carbocycles. The van der Waals surface area contributed by atoms with Crippen LogP contribution in [0.2, 0.25) is 0 Å². The molecule has 8 atom stereocenters. The van der Waals surface area contributed by atoms with E-state index in [0.29, 0.717) is 52.5 Å². The number of benzene rings is 4. The Morgan fingerprint density at radius 2 is 1.14 bits per heavy atom. The minimum Gasteiger partial charge on any atom is -0.508 e. The standard InChI is InChI=1S/C66H85N13O15/c1-37(2)27-48(59(87)71-35-55(83)70-34-54(67)82)73-61(89)49(28-40-18-22-43(80)23-19-40)74-62(90)50(31-42-33-69-46-16-11-10-15-45(42)46)72-56(84)36-78(5)65(93)52(29-41-20-24-44(81)25-21-41)76-64(92)53(30-39-13-8-7-9-14-39)79(6)66(94)58(38(3)4)77-63(91)51(32-57(85)86)75-60(88)47-17-12-26-68-47/h7-11,13-16,18-25,33,37-38,47-53,58,68-69,80-81H,12,17,26-32,34-36H2,1-6H3,(H2,67,82)(H,70,83)(H,71,87)(H,72,84)(H,73,89)(H,74,90)(H,75,88)(H,76,92)(H,77,91)(H,85,86)/t47-,48-,49-,50-,51?,52-,53-,58-/m0/s1. The zero-order chi connectivity index (χ0) is 68.8. The number of carboxylic acids is 1. The van der Waals surface area contributed by atoms with E-state index in [0.717, 1.165) is 9.80 Å². The number of aromatic hydroxyl groups is 2. The van der Waals surface area contributed by atoms with Gasteiger partial charge in [-0.3, -0.25) is 57.5 Å². The first kappa shape index (κ1) is 72.7. The second-order valence-electron chi connectivity index (χ2n) is 24.1. The van der Waals surface area contributed by atoms with Crippen molar-refractivity contribution in [2.75, 3.05) is 40.3 Å². The van der Waals surface area contributed by atoms with Crippen molar-refractivity contribution in [3.05, 3.63) is 132 Å². The Kier molecular flexibility index (Phi) is 27.0. The first-order valence-corrected chi connectivity index (χ1v) is 30.9. The average molecular weight is 1300 g/mol. The molecule has 1 aliphatic heterocycles. The van der Waals surface area contributed by atoms with E-state index in [2.05, 4.69) is 52.8 Å². The number of nitrogens with zero attached hydrogens (tertiary/aromatic N) is 2. The number of aromatic amines is 1. The Morgan fingerprint density at radius 3 is 1.72 bits per heavy atom. The molecular weight excluding hydrogens is 1210 g/mol. The molecular formula is C66H85N13O15. The number of H-pyrrole nitrogens is 1. The topological polar surface area (TPSA) is 422 Å². The number of primary amides is 1. The molecule has 0 spiro atoms. The van der Waals surface area contributed by atoms with E-state index in [4.69, 9.17) is 5.73 Å². The molecule has 15 N–H and O–H groups in total. The van der Waals surface area contributed by atoms with Crippen LogP contribution in [0.3, 0.4) is 0 Å². The Hall–Kier alpha value is -10.4. The average Bonchev–Trinajstić information content (AvgIpc) is 1.40. The number of carbonyl (C=O) groups excluding carboxylic acids is 11. The fourth-order valence-corrected chi connectivity index (χ4v) is 10.7. The molecule has 1 aliphatic rings. The highest BCUT2D eigenvalue weighted by Gasteiger charge is 2.39. The number of phenolic OH excluding ortho intramolecular Hbond substituents is 2. The molecule has 94 heavy (non-hydrogen) atoms. The summed E-state index contributed by atoms with van der Waals surface area (Å²) in [6.45, 7) is 5.64. The fourth-order valence-electron chi connectivity index (χ4n) is 10.7. The highest BCUT2D eigenvalue weighted by Crippen LogP contribution is 2.22. The number of carbonyl (C=O) groups is 12. The second-order valence-corrected chi connectivity index (χ2v) is 24.1. The number of nitrogens with two attached hydrogens (primary N) is 1. The lowest BCUT2D eigenvalue weighted by Gasteiger charge is -2.34. The molecule has 504 valence electrons. The summed E-state index contributed by atoms with van der Waals surface area (Å²) in [5, 5.41) is 54.5. The number of phenols is 2. The third kappa shape index (κ3) is 22.2. The van der Waals surface area contributed by atoms with Crippen LogP contribution >= 0.6 is 0 Å². The largest absolute Gasteiger partial charge is 0.508 e. The number of para-hydroxylation sites is 1. The normalized spacial score (nSPS) is 15.0. The highest BCUT2D eigenvalue weighted by atomic mass is 16.4. The number of carboxylic acid groups (broad SMARTS) is 1. The summed E-state index contributed by atoms with van der Waals surface area (Å²) in [6.07, 6.45) is 1.40. The van der Waals surface area contributed by atoms with Gasteiger partial charge in [0.05, 0.1) is 32.1 Å². The molecule has 28 nitrogen and oxygen atoms in total. The van der Waals surface area contributed by atoms with Gasteiger partial charge in [0, 0.05) is 56.9 Å². The summed E-state index contributed by atoms with van der Waals surface area (Å²) in [5.74, 6) is -11.2. The van der Waals surface area contributed by atoms with Crippen molar-refractivity contribution in [2.24, 2.45) is 17.6 Å². The molecule has 0 radical (unpaired) electrons. The van der Waals surface area contributed by atoms with Gasteiger partial charge in [-0.1, -0.05) is 100 Å². The monoisotopic (exact) mass is 1300 g/mol. The molecule has 5 aromatic rings. The second kappa shape index (κ2) is 34.9. The number of nitrogens with one attached hydrogen (secondary N) is 10. The smallest absolute Gasteiger partial charge is 0.305 e. The lowest BCUT2D eigenvalue weighted by Crippen LogP contribution is -2.61. The van der Waals surface area contributed by atoms with E-state index in [-0.39, 0.29) is 49.5 Å². The number of rotatable bonds is 34. The Bertz CT molecular complexity index is 3480. The molecule has 1 saturated heterocycles. The van der Waals surface area contributed by atoms with Crippen LogP contribution in [0.1, 0.15) is 75.6 Å². The third-order valence-electron chi connectivity index (χ3n) is 15.7. The van der Waals surface area contributed by atoms with Gasteiger partial charge in [0.15, 0.2) is 0 Å². The summed E-state index contributed by atoms with van der Waals surface area (Å²) in [5.41, 5.74) is 7.91. The summed E-state index contributed by atoms with van der Waals surface area (Å²) >= 11 is 0. The molecule has 4 aromatic carbocycles. The Balaban J connectivity index is 1.27. The van der Waals surface area contributed by atoms with E-state index in [1.807, 2.05) is 0 Å². The van der Waals surface area contributed by atoms with Crippen molar-refractivity contribution in [1.29, 1.82) is 0 Å². The fraction of sp³-hybridized carbons (Fsp3) is 0.424. The van der Waals surface area contributed by atoms with Crippen LogP contribution in [0.5, 0.6) is 11.5 Å². The lowest BCUT2D eigenvalue weighted by atomic mass is 9.98. The van der Waals surface area contributed by atoms with E-state index in [1.54, 1.807) is 88.5 Å². The number of hydrogen-bond donors (Lipinski definition) is 14. The van der Waals surface area contributed by atoms with Crippen LogP contribution in [0, 0.1) is 11.8 Å². The van der Waals surface area contributed by atoms with Gasteiger partial charge in [0.2, 0.25) is 65.0 Å². The van der Waals surface area contributed by atoms with Gasteiger partial charge in [0.25, 0.3) is 0 Å². The number of aromatic nitrogens is 1. The Labute approximate surface area is 543 Å². The number of aliphatic carboxylic acids is 1. The predicted octanol–water partition coefficient (Wildman–Crippen LogP) is -0.310. The first-order valence-electron chi connectivity index (χ1n) is 30.9. The molecule has 1 unspecified atom stereocenters. The van der Waals surface area contributed by atoms with Crippen molar-refractivity contribution in [3.8, 4) is 11.5 Å². The maximum absolute atomic E-state index is 15.0. The van der Waals surface area contributed by atoms with Crippen LogP contribution in [-0.2, 0) is 83.2 Å². The number of fused-ring (bicyclic) bond motifs is 1. The molecule has 11 amide bonds. The summed E-state index contributed by atoms with van der Waals surface area (Å²) < 4.78 is 0. The van der Waals surface area contributed by atoms with Gasteiger partial charge >= 0.3 is 5.97 Å². The van der Waals surface area contributed by atoms with E-state index in [9.17, 15) is 68.1 Å². The first-order chi connectivity index (χ1) is 44.6. The molecule has 1 fully saturated rings. The molecule has 0 saturated carbocycles. The minimum absolute atomic E-state index is 0.0810. The van der Waals surface area contributed by atoms with Gasteiger partial charge in [-0.2, -0.15) is 0 Å². The molecule has 2 heterocycles.